The molecule has 22 heavy (non-hydrogen) atoms. The number of fused-ring (bicyclic) bond motifs is 1. The van der Waals surface area contributed by atoms with E-state index in [0.717, 1.165) is 6.08 Å². The van der Waals surface area contributed by atoms with E-state index in [1.807, 2.05) is 0 Å². The van der Waals surface area contributed by atoms with Gasteiger partial charge in [0.25, 0.3) is 0 Å². The second kappa shape index (κ2) is 5.51. The number of carbonyl (C=O) groups excluding carboxylic acids is 3. The van der Waals surface area contributed by atoms with E-state index in [1.165, 1.54) is 21.1 Å². The Labute approximate surface area is 125 Å². The van der Waals surface area contributed by atoms with Crippen LogP contribution in [-0.4, -0.2) is 41.8 Å². The highest BCUT2D eigenvalue weighted by Gasteiger charge is 2.36. The molecular formula is C15H14O7. The van der Waals surface area contributed by atoms with E-state index in [-0.39, 0.29) is 40.4 Å². The average Bonchev–Trinajstić information content (AvgIpc) is 2.46. The predicted molar refractivity (Wildman–Crippen MR) is 74.5 cm³/mol. The molecular weight excluding hydrogens is 292 g/mol. The number of hydrogen-bond donors (Lipinski definition) is 2. The highest BCUT2D eigenvalue weighted by molar-refractivity contribution is 6.26. The van der Waals surface area contributed by atoms with E-state index >= 15 is 0 Å². The molecule has 0 saturated carbocycles. The maximum Gasteiger partial charge on any atom is 0.232 e. The first-order valence-corrected chi connectivity index (χ1v) is 6.32. The zero-order chi connectivity index (χ0) is 16.6. The van der Waals surface area contributed by atoms with E-state index in [0.29, 0.717) is 0 Å². The third-order valence-electron chi connectivity index (χ3n) is 3.31. The SMILES string of the molecule is COC1=CC(=O)c2c(O)c(OC)c(CC(C)=O)c(O)c2C1=O. The first-order valence-electron chi connectivity index (χ1n) is 6.32. The molecule has 0 spiro atoms. The van der Waals surface area contributed by atoms with Crippen LogP contribution < -0.4 is 4.74 Å². The fourth-order valence-electron chi connectivity index (χ4n) is 2.38. The summed E-state index contributed by atoms with van der Waals surface area (Å²) >= 11 is 0. The van der Waals surface area contributed by atoms with Gasteiger partial charge in [-0.05, 0) is 6.92 Å². The molecule has 116 valence electrons. The van der Waals surface area contributed by atoms with Gasteiger partial charge in [-0.25, -0.2) is 0 Å². The molecule has 0 atom stereocenters. The number of phenolic OH excluding ortho intramolecular Hbond substituents is 2. The van der Waals surface area contributed by atoms with Crippen LogP contribution in [0.2, 0.25) is 0 Å². The molecule has 7 heteroatoms. The molecule has 2 rings (SSSR count). The number of rotatable bonds is 4. The summed E-state index contributed by atoms with van der Waals surface area (Å²) in [6, 6.07) is 0. The normalized spacial score (nSPS) is 13.5. The van der Waals surface area contributed by atoms with Crippen LogP contribution in [-0.2, 0) is 16.0 Å². The van der Waals surface area contributed by atoms with Crippen molar-refractivity contribution in [2.24, 2.45) is 0 Å². The Morgan fingerprint density at radius 3 is 2.23 bits per heavy atom. The fraction of sp³-hybridized carbons (Fsp3) is 0.267. The van der Waals surface area contributed by atoms with Crippen molar-refractivity contribution in [3.05, 3.63) is 28.5 Å². The minimum atomic E-state index is -0.752. The van der Waals surface area contributed by atoms with Crippen LogP contribution in [0, 0.1) is 0 Å². The summed E-state index contributed by atoms with van der Waals surface area (Å²) in [6.45, 7) is 1.28. The van der Waals surface area contributed by atoms with Crippen LogP contribution in [0.5, 0.6) is 17.2 Å². The molecule has 1 aromatic rings. The topological polar surface area (TPSA) is 110 Å². The smallest absolute Gasteiger partial charge is 0.232 e. The van der Waals surface area contributed by atoms with E-state index in [9.17, 15) is 24.6 Å². The van der Waals surface area contributed by atoms with E-state index in [2.05, 4.69) is 0 Å². The van der Waals surface area contributed by atoms with Crippen molar-refractivity contribution in [3.8, 4) is 17.2 Å². The molecule has 0 unspecified atom stereocenters. The Kier molecular flexibility index (Phi) is 3.90. The minimum Gasteiger partial charge on any atom is -0.507 e. The summed E-state index contributed by atoms with van der Waals surface area (Å²) < 4.78 is 9.79. The molecule has 0 bridgehead atoms. The van der Waals surface area contributed by atoms with Crippen molar-refractivity contribution in [2.45, 2.75) is 13.3 Å². The summed E-state index contributed by atoms with van der Waals surface area (Å²) in [5.74, 6) is -3.39. The molecule has 0 aromatic heterocycles. The Bertz CT molecular complexity index is 728. The number of hydrogen-bond acceptors (Lipinski definition) is 7. The van der Waals surface area contributed by atoms with Gasteiger partial charge in [0.05, 0.1) is 25.3 Å². The van der Waals surface area contributed by atoms with Crippen molar-refractivity contribution in [1.29, 1.82) is 0 Å². The molecule has 0 heterocycles. The van der Waals surface area contributed by atoms with Crippen LogP contribution in [0.4, 0.5) is 0 Å². The fourth-order valence-corrected chi connectivity index (χ4v) is 2.38. The van der Waals surface area contributed by atoms with Crippen molar-refractivity contribution in [3.63, 3.8) is 0 Å². The summed E-state index contributed by atoms with van der Waals surface area (Å²) in [5, 5.41) is 20.5. The number of methoxy groups -OCH3 is 2. The second-order valence-electron chi connectivity index (χ2n) is 4.74. The van der Waals surface area contributed by atoms with Gasteiger partial charge in [-0.3, -0.25) is 14.4 Å². The first-order chi connectivity index (χ1) is 10.3. The van der Waals surface area contributed by atoms with Gasteiger partial charge in [0.1, 0.15) is 11.5 Å². The quantitative estimate of drug-likeness (QED) is 0.803. The molecule has 0 amide bonds. The molecule has 1 aliphatic rings. The highest BCUT2D eigenvalue weighted by Crippen LogP contribution is 2.45. The van der Waals surface area contributed by atoms with E-state index < -0.39 is 23.1 Å². The Morgan fingerprint density at radius 2 is 1.73 bits per heavy atom. The molecule has 1 aromatic carbocycles. The maximum atomic E-state index is 12.3. The van der Waals surface area contributed by atoms with E-state index in [1.54, 1.807) is 0 Å². The van der Waals surface area contributed by atoms with Crippen molar-refractivity contribution < 1.29 is 34.1 Å². The monoisotopic (exact) mass is 306 g/mol. The molecule has 0 radical (unpaired) electrons. The minimum absolute atomic E-state index is 0.0512. The number of ketones is 3. The Hall–Kier alpha value is -2.83. The van der Waals surface area contributed by atoms with Gasteiger partial charge in [-0.1, -0.05) is 0 Å². The predicted octanol–water partition coefficient (Wildman–Crippen LogP) is 1.15. The Balaban J connectivity index is 2.84. The Morgan fingerprint density at radius 1 is 1.09 bits per heavy atom. The van der Waals surface area contributed by atoms with Crippen LogP contribution in [0.15, 0.2) is 11.8 Å². The lowest BCUT2D eigenvalue weighted by Crippen LogP contribution is -2.20. The lowest BCUT2D eigenvalue weighted by Gasteiger charge is -2.21. The summed E-state index contributed by atoms with van der Waals surface area (Å²) in [7, 11) is 2.43. The molecule has 2 N–H and O–H groups in total. The van der Waals surface area contributed by atoms with Crippen molar-refractivity contribution in [1.82, 2.24) is 0 Å². The number of allylic oxidation sites excluding steroid dienone is 2. The van der Waals surface area contributed by atoms with Crippen LogP contribution in [0.25, 0.3) is 0 Å². The first kappa shape index (κ1) is 15.6. The largest absolute Gasteiger partial charge is 0.507 e. The zero-order valence-electron chi connectivity index (χ0n) is 12.2. The van der Waals surface area contributed by atoms with Crippen LogP contribution >= 0.6 is 0 Å². The van der Waals surface area contributed by atoms with Gasteiger partial charge in [-0.2, -0.15) is 0 Å². The number of aromatic hydroxyl groups is 2. The number of phenols is 2. The zero-order valence-corrected chi connectivity index (χ0v) is 12.2. The lowest BCUT2D eigenvalue weighted by atomic mass is 9.88. The maximum absolute atomic E-state index is 12.3. The molecule has 0 fully saturated rings. The number of ether oxygens (including phenoxy) is 2. The van der Waals surface area contributed by atoms with Gasteiger partial charge in [0.2, 0.25) is 5.78 Å². The van der Waals surface area contributed by atoms with Gasteiger partial charge >= 0.3 is 0 Å². The van der Waals surface area contributed by atoms with Gasteiger partial charge < -0.3 is 19.7 Å². The summed E-state index contributed by atoms with van der Waals surface area (Å²) in [6.07, 6.45) is 0.664. The van der Waals surface area contributed by atoms with Gasteiger partial charge in [0, 0.05) is 18.1 Å². The number of Topliss-reactive ketones (excluding diaryl/α,β-unsaturated/α-hetero) is 2. The molecule has 0 saturated heterocycles. The van der Waals surface area contributed by atoms with Crippen molar-refractivity contribution in [2.75, 3.05) is 14.2 Å². The van der Waals surface area contributed by atoms with Gasteiger partial charge in [-0.15, -0.1) is 0 Å². The summed E-state index contributed by atoms with van der Waals surface area (Å²) in [4.78, 5) is 35.7. The second-order valence-corrected chi connectivity index (χ2v) is 4.74. The summed E-state index contributed by atoms with van der Waals surface area (Å²) in [5.41, 5.74) is -0.809. The van der Waals surface area contributed by atoms with Gasteiger partial charge in [0.15, 0.2) is 23.0 Å². The standard InChI is InChI=1S/C15H14O7/c1-6(16)4-7-12(18)11-10(14(20)15(7)22-3)8(17)5-9(21-2)13(11)19/h5,18,20H,4H2,1-3H3. The molecule has 7 nitrogen and oxygen atoms in total. The number of benzene rings is 1. The number of carbonyl (C=O) groups is 3. The molecule has 0 aliphatic heterocycles. The highest BCUT2D eigenvalue weighted by atomic mass is 16.5. The van der Waals surface area contributed by atoms with Crippen molar-refractivity contribution >= 4 is 17.3 Å². The third kappa shape index (κ3) is 2.20. The van der Waals surface area contributed by atoms with E-state index in [4.69, 9.17) is 9.47 Å². The molecule has 1 aliphatic carbocycles. The van der Waals surface area contributed by atoms with Crippen LogP contribution in [0.3, 0.4) is 0 Å². The van der Waals surface area contributed by atoms with Crippen LogP contribution in [0.1, 0.15) is 33.2 Å². The lowest BCUT2D eigenvalue weighted by molar-refractivity contribution is -0.116. The average molecular weight is 306 g/mol. The third-order valence-corrected chi connectivity index (χ3v) is 3.31.